The van der Waals surface area contributed by atoms with E-state index in [-0.39, 0.29) is 18.7 Å². The number of rotatable bonds is 6. The van der Waals surface area contributed by atoms with Crippen LogP contribution in [0.15, 0.2) is 48.5 Å². The maximum Gasteiger partial charge on any atom is 0.0588 e. The first-order valence-electron chi connectivity index (χ1n) is 6.96. The predicted octanol–water partition coefficient (Wildman–Crippen LogP) is 4.25. The Morgan fingerprint density at radius 3 is 2.43 bits per heavy atom. The van der Waals surface area contributed by atoms with E-state index in [1.165, 1.54) is 5.56 Å². The summed E-state index contributed by atoms with van der Waals surface area (Å²) in [5.41, 5.74) is 2.17. The minimum Gasteiger partial charge on any atom is -0.395 e. The van der Waals surface area contributed by atoms with Gasteiger partial charge in [-0.1, -0.05) is 59.6 Å². The van der Waals surface area contributed by atoms with Gasteiger partial charge in [0.05, 0.1) is 6.61 Å². The van der Waals surface area contributed by atoms with E-state index in [0.717, 1.165) is 12.0 Å². The number of aliphatic hydroxyl groups excluding tert-OH is 1. The van der Waals surface area contributed by atoms with Crippen LogP contribution in [0.25, 0.3) is 0 Å². The molecule has 0 aliphatic rings. The average molecular weight is 324 g/mol. The lowest BCUT2D eigenvalue weighted by Gasteiger charge is -2.23. The zero-order valence-electron chi connectivity index (χ0n) is 11.9. The lowest BCUT2D eigenvalue weighted by molar-refractivity contribution is 0.232. The van der Waals surface area contributed by atoms with Crippen molar-refractivity contribution in [2.75, 3.05) is 6.61 Å². The second kappa shape index (κ2) is 7.81. The van der Waals surface area contributed by atoms with Gasteiger partial charge >= 0.3 is 0 Å². The molecule has 2 N–H and O–H groups in total. The lowest BCUT2D eigenvalue weighted by Crippen LogP contribution is -2.36. The van der Waals surface area contributed by atoms with E-state index in [0.29, 0.717) is 10.0 Å². The average Bonchev–Trinajstić information content (AvgIpc) is 2.47. The van der Waals surface area contributed by atoms with Gasteiger partial charge in [0.2, 0.25) is 0 Å². The van der Waals surface area contributed by atoms with Crippen LogP contribution in [0.3, 0.4) is 0 Å². The molecule has 0 aromatic heterocycles. The molecule has 2 rings (SSSR count). The Bertz CT molecular complexity index is 574. The molecule has 0 aliphatic carbocycles. The molecule has 2 aromatic carbocycles. The van der Waals surface area contributed by atoms with Crippen molar-refractivity contribution in [1.82, 2.24) is 5.32 Å². The van der Waals surface area contributed by atoms with Crippen molar-refractivity contribution in [2.45, 2.75) is 25.4 Å². The molecule has 0 heterocycles. The monoisotopic (exact) mass is 323 g/mol. The first kappa shape index (κ1) is 16.3. The van der Waals surface area contributed by atoms with Crippen LogP contribution >= 0.6 is 23.2 Å². The van der Waals surface area contributed by atoms with Crippen LogP contribution in [-0.2, 0) is 6.42 Å². The van der Waals surface area contributed by atoms with Gasteiger partial charge in [0.1, 0.15) is 0 Å². The van der Waals surface area contributed by atoms with E-state index in [4.69, 9.17) is 23.2 Å². The van der Waals surface area contributed by atoms with E-state index < -0.39 is 0 Å². The summed E-state index contributed by atoms with van der Waals surface area (Å²) in [6.07, 6.45) is 0.771. The first-order chi connectivity index (χ1) is 10.1. The topological polar surface area (TPSA) is 32.3 Å². The maximum absolute atomic E-state index is 9.58. The molecule has 2 nitrogen and oxygen atoms in total. The second-order valence-electron chi connectivity index (χ2n) is 5.12. The van der Waals surface area contributed by atoms with E-state index in [2.05, 4.69) is 17.4 Å². The minimum atomic E-state index is -0.0193. The summed E-state index contributed by atoms with van der Waals surface area (Å²) in [5, 5.41) is 14.3. The normalized spacial score (nSPS) is 13.9. The molecule has 4 heteroatoms. The highest BCUT2D eigenvalue weighted by Gasteiger charge is 2.15. The number of halogens is 2. The molecule has 112 valence electrons. The van der Waals surface area contributed by atoms with Crippen LogP contribution in [0.1, 0.15) is 24.1 Å². The maximum atomic E-state index is 9.58. The molecule has 0 aliphatic heterocycles. The van der Waals surface area contributed by atoms with Crippen LogP contribution in [0, 0.1) is 0 Å². The van der Waals surface area contributed by atoms with E-state index in [1.54, 1.807) is 6.07 Å². The SMILES string of the molecule is CC(N[C@H](CO)Cc1ccccc1)c1ccc(Cl)cc1Cl. The standard InChI is InChI=1S/C17H19Cl2NO/c1-12(16-8-7-14(18)10-17(16)19)20-15(11-21)9-13-5-3-2-4-6-13/h2-8,10,12,15,20-21H,9,11H2,1H3/t12?,15-/m0/s1. The third-order valence-corrected chi connectivity index (χ3v) is 4.02. The second-order valence-corrected chi connectivity index (χ2v) is 5.97. The molecule has 1 unspecified atom stereocenters. The quantitative estimate of drug-likeness (QED) is 0.833. The molecule has 0 fully saturated rings. The van der Waals surface area contributed by atoms with Gasteiger partial charge in [0.15, 0.2) is 0 Å². The zero-order chi connectivity index (χ0) is 15.2. The number of aliphatic hydroxyl groups is 1. The highest BCUT2D eigenvalue weighted by atomic mass is 35.5. The summed E-state index contributed by atoms with van der Waals surface area (Å²) in [4.78, 5) is 0. The van der Waals surface area contributed by atoms with Gasteiger partial charge in [-0.15, -0.1) is 0 Å². The first-order valence-corrected chi connectivity index (χ1v) is 7.71. The summed E-state index contributed by atoms with van der Waals surface area (Å²) < 4.78 is 0. The highest BCUT2D eigenvalue weighted by Crippen LogP contribution is 2.26. The summed E-state index contributed by atoms with van der Waals surface area (Å²) in [6, 6.07) is 15.6. The van der Waals surface area contributed by atoms with Crippen molar-refractivity contribution in [3.05, 3.63) is 69.7 Å². The summed E-state index contributed by atoms with van der Waals surface area (Å²) in [6.45, 7) is 2.10. The predicted molar refractivity (Wildman–Crippen MR) is 89.0 cm³/mol. The molecule has 0 bridgehead atoms. The zero-order valence-corrected chi connectivity index (χ0v) is 13.4. The Balaban J connectivity index is 2.04. The molecular formula is C17H19Cl2NO. The third-order valence-electron chi connectivity index (χ3n) is 3.46. The molecular weight excluding hydrogens is 305 g/mol. The Labute approximate surface area is 135 Å². The molecule has 0 saturated carbocycles. The van der Waals surface area contributed by atoms with Crippen molar-refractivity contribution in [3.63, 3.8) is 0 Å². The molecule has 2 aromatic rings. The number of hydrogen-bond acceptors (Lipinski definition) is 2. The third kappa shape index (κ3) is 4.72. The van der Waals surface area contributed by atoms with Gasteiger partial charge in [0.25, 0.3) is 0 Å². The van der Waals surface area contributed by atoms with Crippen molar-refractivity contribution >= 4 is 23.2 Å². The van der Waals surface area contributed by atoms with Gasteiger partial charge in [-0.25, -0.2) is 0 Å². The Morgan fingerprint density at radius 1 is 1.10 bits per heavy atom. The van der Waals surface area contributed by atoms with Gasteiger partial charge in [0, 0.05) is 22.1 Å². The molecule has 21 heavy (non-hydrogen) atoms. The van der Waals surface area contributed by atoms with E-state index in [1.807, 2.05) is 37.3 Å². The van der Waals surface area contributed by atoms with Gasteiger partial charge < -0.3 is 10.4 Å². The van der Waals surface area contributed by atoms with E-state index >= 15 is 0 Å². The molecule has 0 spiro atoms. The van der Waals surface area contributed by atoms with Crippen molar-refractivity contribution in [1.29, 1.82) is 0 Å². The summed E-state index contributed by atoms with van der Waals surface area (Å²) >= 11 is 12.1. The van der Waals surface area contributed by atoms with Gasteiger partial charge in [-0.2, -0.15) is 0 Å². The smallest absolute Gasteiger partial charge is 0.0588 e. The van der Waals surface area contributed by atoms with Crippen LogP contribution in [-0.4, -0.2) is 17.8 Å². The highest BCUT2D eigenvalue weighted by molar-refractivity contribution is 6.35. The largest absolute Gasteiger partial charge is 0.395 e. The minimum absolute atomic E-state index is 0.0193. The summed E-state index contributed by atoms with van der Waals surface area (Å²) in [7, 11) is 0. The fraction of sp³-hybridized carbons (Fsp3) is 0.294. The number of nitrogens with one attached hydrogen (secondary N) is 1. The van der Waals surface area contributed by atoms with Crippen molar-refractivity contribution < 1.29 is 5.11 Å². The van der Waals surface area contributed by atoms with Crippen molar-refractivity contribution in [3.8, 4) is 0 Å². The number of hydrogen-bond donors (Lipinski definition) is 2. The van der Waals surface area contributed by atoms with Gasteiger partial charge in [-0.3, -0.25) is 0 Å². The fourth-order valence-electron chi connectivity index (χ4n) is 2.37. The molecule has 0 saturated heterocycles. The molecule has 0 radical (unpaired) electrons. The Kier molecular flexibility index (Phi) is 6.07. The Morgan fingerprint density at radius 2 is 1.81 bits per heavy atom. The lowest BCUT2D eigenvalue weighted by atomic mass is 10.0. The van der Waals surface area contributed by atoms with E-state index in [9.17, 15) is 5.11 Å². The Hall–Kier alpha value is -1.06. The van der Waals surface area contributed by atoms with Crippen LogP contribution in [0.2, 0.25) is 10.0 Å². The summed E-state index contributed by atoms with van der Waals surface area (Å²) in [5.74, 6) is 0. The van der Waals surface area contributed by atoms with Crippen LogP contribution in [0.4, 0.5) is 0 Å². The molecule has 0 amide bonds. The van der Waals surface area contributed by atoms with Crippen LogP contribution < -0.4 is 5.32 Å². The van der Waals surface area contributed by atoms with Crippen LogP contribution in [0.5, 0.6) is 0 Å². The van der Waals surface area contributed by atoms with Crippen molar-refractivity contribution in [2.24, 2.45) is 0 Å². The fourth-order valence-corrected chi connectivity index (χ4v) is 2.94. The molecule has 2 atom stereocenters. The van der Waals surface area contributed by atoms with Gasteiger partial charge in [-0.05, 0) is 36.6 Å². The number of benzene rings is 2.